The van der Waals surface area contributed by atoms with Gasteiger partial charge in [-0.25, -0.2) is 0 Å². The molecule has 2 heterocycles. The number of fused-ring (bicyclic) bond motifs is 1. The number of rotatable bonds is 4. The number of alkyl halides is 3. The van der Waals surface area contributed by atoms with E-state index in [0.717, 1.165) is 17.2 Å². The van der Waals surface area contributed by atoms with Crippen LogP contribution in [0.1, 0.15) is 29.3 Å². The molecule has 6 nitrogen and oxygen atoms in total. The van der Waals surface area contributed by atoms with Gasteiger partial charge in [-0.3, -0.25) is 9.48 Å². The van der Waals surface area contributed by atoms with E-state index in [4.69, 9.17) is 4.74 Å². The first kappa shape index (κ1) is 20.6. The van der Waals surface area contributed by atoms with Crippen LogP contribution in [0.25, 0.3) is 11.0 Å². The van der Waals surface area contributed by atoms with E-state index in [2.05, 4.69) is 15.4 Å². The minimum Gasteiger partial charge on any atom is -0.464 e. The summed E-state index contributed by atoms with van der Waals surface area (Å²) in [5.74, 6) is -0.785. The summed E-state index contributed by atoms with van der Waals surface area (Å²) in [5.41, 5.74) is 1.80. The average Bonchev–Trinajstić information content (AvgIpc) is 2.90. The number of hydrogen-bond donors (Lipinski definition) is 1. The molecule has 1 atom stereocenters. The summed E-state index contributed by atoms with van der Waals surface area (Å²) in [7, 11) is 1.50. The van der Waals surface area contributed by atoms with Gasteiger partial charge in [0, 0.05) is 18.8 Å². The molecule has 3 aromatic rings. The Labute approximate surface area is 165 Å². The lowest BCUT2D eigenvalue weighted by Gasteiger charge is -2.17. The quantitative estimate of drug-likeness (QED) is 0.701. The lowest BCUT2D eigenvalue weighted by Crippen LogP contribution is -2.30. The zero-order valence-electron chi connectivity index (χ0n) is 16.7. The third kappa shape index (κ3) is 4.18. The summed E-state index contributed by atoms with van der Waals surface area (Å²) in [5, 5.41) is 6.67. The molecule has 0 fully saturated rings. The highest BCUT2D eigenvalue weighted by atomic mass is 19.4. The molecule has 1 aromatic carbocycles. The zero-order chi connectivity index (χ0) is 21.5. The molecule has 3 rings (SSSR count). The van der Waals surface area contributed by atoms with E-state index >= 15 is 0 Å². The maximum Gasteiger partial charge on any atom is 0.417 e. The van der Waals surface area contributed by atoms with Crippen LogP contribution in [0.4, 0.5) is 18.9 Å². The Morgan fingerprint density at radius 3 is 2.55 bits per heavy atom. The van der Waals surface area contributed by atoms with Crippen LogP contribution in [0.15, 0.2) is 24.3 Å². The molecular formula is C20H21F3N4O2. The molecule has 0 saturated carbocycles. The Balaban J connectivity index is 1.90. The van der Waals surface area contributed by atoms with Gasteiger partial charge in [-0.05, 0) is 44.9 Å². The molecule has 0 bridgehead atoms. The molecule has 29 heavy (non-hydrogen) atoms. The molecule has 0 aliphatic carbocycles. The first-order chi connectivity index (χ1) is 13.5. The van der Waals surface area contributed by atoms with Gasteiger partial charge in [-0.2, -0.15) is 23.3 Å². The Kier molecular flexibility index (Phi) is 5.25. The lowest BCUT2D eigenvalue weighted by atomic mass is 10.1. The highest BCUT2D eigenvalue weighted by molar-refractivity contribution is 5.95. The Morgan fingerprint density at radius 1 is 1.21 bits per heavy atom. The van der Waals surface area contributed by atoms with Crippen molar-refractivity contribution < 1.29 is 22.7 Å². The summed E-state index contributed by atoms with van der Waals surface area (Å²) in [6.07, 6.45) is -5.67. The molecule has 9 heteroatoms. The fourth-order valence-corrected chi connectivity index (χ4v) is 3.05. The average molecular weight is 406 g/mol. The van der Waals surface area contributed by atoms with Crippen LogP contribution in [0.3, 0.4) is 0 Å². The number of ether oxygens (including phenoxy) is 1. The predicted molar refractivity (Wildman–Crippen MR) is 103 cm³/mol. The number of benzene rings is 1. The van der Waals surface area contributed by atoms with Crippen LogP contribution < -0.4 is 10.1 Å². The first-order valence-corrected chi connectivity index (χ1v) is 8.93. The summed E-state index contributed by atoms with van der Waals surface area (Å²) in [6, 6.07) is 6.40. The van der Waals surface area contributed by atoms with E-state index in [9.17, 15) is 18.0 Å². The van der Waals surface area contributed by atoms with Crippen LogP contribution in [0, 0.1) is 20.8 Å². The minimum atomic E-state index is -4.61. The summed E-state index contributed by atoms with van der Waals surface area (Å²) >= 11 is 0. The second-order valence-electron chi connectivity index (χ2n) is 6.98. The van der Waals surface area contributed by atoms with Gasteiger partial charge in [0.2, 0.25) is 5.88 Å². The second-order valence-corrected chi connectivity index (χ2v) is 6.98. The number of aryl methyl sites for hydroxylation is 4. The molecule has 154 valence electrons. The van der Waals surface area contributed by atoms with Crippen molar-refractivity contribution in [3.8, 4) is 5.88 Å². The molecule has 0 aliphatic heterocycles. The number of pyridine rings is 1. The van der Waals surface area contributed by atoms with Crippen LogP contribution >= 0.6 is 0 Å². The highest BCUT2D eigenvalue weighted by Gasteiger charge is 2.36. The number of hydrogen-bond acceptors (Lipinski definition) is 4. The normalized spacial score (nSPS) is 12.8. The highest BCUT2D eigenvalue weighted by Crippen LogP contribution is 2.37. The van der Waals surface area contributed by atoms with E-state index in [0.29, 0.717) is 5.69 Å². The Morgan fingerprint density at radius 2 is 1.90 bits per heavy atom. The van der Waals surface area contributed by atoms with Crippen LogP contribution in [0.2, 0.25) is 0 Å². The lowest BCUT2D eigenvalue weighted by molar-refractivity contribution is -0.136. The van der Waals surface area contributed by atoms with Gasteiger partial charge in [0.15, 0.2) is 11.8 Å². The zero-order valence-corrected chi connectivity index (χ0v) is 16.7. The number of carbonyl (C=O) groups excluding carboxylic acids is 1. The second kappa shape index (κ2) is 7.38. The predicted octanol–water partition coefficient (Wildman–Crippen LogP) is 4.32. The molecule has 0 unspecified atom stereocenters. The molecule has 0 radical (unpaired) electrons. The minimum absolute atomic E-state index is 0.0365. The third-order valence-corrected chi connectivity index (χ3v) is 4.57. The van der Waals surface area contributed by atoms with Crippen LogP contribution in [-0.4, -0.2) is 26.8 Å². The summed E-state index contributed by atoms with van der Waals surface area (Å²) in [6.45, 7) is 6.67. The van der Waals surface area contributed by atoms with Crippen molar-refractivity contribution in [2.45, 2.75) is 40.0 Å². The van der Waals surface area contributed by atoms with Crippen molar-refractivity contribution in [1.82, 2.24) is 14.8 Å². The van der Waals surface area contributed by atoms with Crippen molar-refractivity contribution in [3.05, 3.63) is 46.6 Å². The molecule has 2 aromatic heterocycles. The van der Waals surface area contributed by atoms with Gasteiger partial charge in [-0.15, -0.1) is 0 Å². The number of halogens is 3. The number of carbonyl (C=O) groups is 1. The van der Waals surface area contributed by atoms with Crippen LogP contribution in [-0.2, 0) is 18.0 Å². The van der Waals surface area contributed by atoms with Crippen molar-refractivity contribution in [1.29, 1.82) is 0 Å². The van der Waals surface area contributed by atoms with E-state index in [1.165, 1.54) is 25.6 Å². The molecule has 1 N–H and O–H groups in total. The summed E-state index contributed by atoms with van der Waals surface area (Å²) < 4.78 is 47.4. The molecule has 1 amide bonds. The standard InChI is InChI=1S/C20H21F3N4O2/c1-10-6-7-11(2)15(8-10)24-19(28)13(4)29-16-9-14(20(21,22)23)17-12(3)26-27(5)18(17)25-16/h6-9,13H,1-5H3,(H,24,28)/t13-/m1/s1. The number of aromatic nitrogens is 3. The van der Waals surface area contributed by atoms with Crippen molar-refractivity contribution >= 4 is 22.6 Å². The monoisotopic (exact) mass is 406 g/mol. The Hall–Kier alpha value is -3.10. The molecule has 0 aliphatic rings. The SMILES string of the molecule is Cc1ccc(C)c(NC(=O)[C@@H](C)Oc2cc(C(F)(F)F)c3c(C)nn(C)c3n2)c1. The van der Waals surface area contributed by atoms with Crippen LogP contribution in [0.5, 0.6) is 5.88 Å². The van der Waals surface area contributed by atoms with E-state index in [1.807, 2.05) is 32.0 Å². The largest absolute Gasteiger partial charge is 0.464 e. The van der Waals surface area contributed by atoms with E-state index in [1.54, 1.807) is 0 Å². The Bertz CT molecular complexity index is 1090. The van der Waals surface area contributed by atoms with Gasteiger partial charge in [0.25, 0.3) is 5.91 Å². The van der Waals surface area contributed by atoms with Gasteiger partial charge in [0.05, 0.1) is 16.6 Å². The smallest absolute Gasteiger partial charge is 0.417 e. The van der Waals surface area contributed by atoms with Gasteiger partial charge in [-0.1, -0.05) is 12.1 Å². The number of amides is 1. The first-order valence-electron chi connectivity index (χ1n) is 8.93. The van der Waals surface area contributed by atoms with E-state index in [-0.39, 0.29) is 22.6 Å². The molecular weight excluding hydrogens is 385 g/mol. The topological polar surface area (TPSA) is 69.0 Å². The summed E-state index contributed by atoms with van der Waals surface area (Å²) in [4.78, 5) is 16.6. The maximum atomic E-state index is 13.6. The molecule has 0 saturated heterocycles. The van der Waals surface area contributed by atoms with Crippen molar-refractivity contribution in [3.63, 3.8) is 0 Å². The van der Waals surface area contributed by atoms with Crippen molar-refractivity contribution in [2.75, 3.05) is 5.32 Å². The molecule has 0 spiro atoms. The van der Waals surface area contributed by atoms with E-state index < -0.39 is 23.8 Å². The fourth-order valence-electron chi connectivity index (χ4n) is 3.05. The van der Waals surface area contributed by atoms with Gasteiger partial charge < -0.3 is 10.1 Å². The third-order valence-electron chi connectivity index (χ3n) is 4.57. The maximum absolute atomic E-state index is 13.6. The number of anilines is 1. The van der Waals surface area contributed by atoms with Gasteiger partial charge >= 0.3 is 6.18 Å². The fraction of sp³-hybridized carbons (Fsp3) is 0.350. The van der Waals surface area contributed by atoms with Crippen molar-refractivity contribution in [2.24, 2.45) is 7.05 Å². The van der Waals surface area contributed by atoms with Gasteiger partial charge in [0.1, 0.15) is 0 Å². The number of nitrogens with one attached hydrogen (secondary N) is 1. The number of nitrogens with zero attached hydrogens (tertiary/aromatic N) is 3.